The Hall–Kier alpha value is -0.590. The first-order valence-corrected chi connectivity index (χ1v) is 14.2. The number of carbonyl (C=O) groups excluding carboxylic acids is 1. The number of fused-ring (bicyclic) bond motifs is 5. The minimum Gasteiger partial charge on any atom is -0.299 e. The van der Waals surface area contributed by atoms with Gasteiger partial charge in [-0.05, 0) is 111 Å². The molecule has 0 aromatic heterocycles. The predicted octanol–water partition coefficient (Wildman–Crippen LogP) is 8.87. The molecule has 0 bridgehead atoms. The second kappa shape index (κ2) is 8.57. The van der Waals surface area contributed by atoms with Gasteiger partial charge in [-0.1, -0.05) is 66.0 Å². The first-order valence-electron chi connectivity index (χ1n) is 14.2. The van der Waals surface area contributed by atoms with Crippen molar-refractivity contribution < 1.29 is 4.79 Å². The Balaban J connectivity index is 1.52. The maximum Gasteiger partial charge on any atom is 0.142 e. The molecule has 32 heavy (non-hydrogen) atoms. The molecule has 0 aliphatic heterocycles. The Morgan fingerprint density at radius 3 is 2.34 bits per heavy atom. The van der Waals surface area contributed by atoms with Crippen LogP contribution in [0.25, 0.3) is 0 Å². The summed E-state index contributed by atoms with van der Waals surface area (Å²) >= 11 is 0. The Bertz CT molecular complexity index is 744. The van der Waals surface area contributed by atoms with Crippen LogP contribution in [0, 0.1) is 57.7 Å². The molecular formula is C31H52O. The van der Waals surface area contributed by atoms with Gasteiger partial charge in [0, 0.05) is 11.8 Å². The number of hydrogen-bond donors (Lipinski definition) is 0. The van der Waals surface area contributed by atoms with Gasteiger partial charge < -0.3 is 0 Å². The van der Waals surface area contributed by atoms with Gasteiger partial charge in [-0.15, -0.1) is 0 Å². The van der Waals surface area contributed by atoms with Gasteiger partial charge in [0.2, 0.25) is 0 Å². The van der Waals surface area contributed by atoms with Crippen LogP contribution in [0.5, 0.6) is 0 Å². The normalized spacial score (nSPS) is 42.7. The van der Waals surface area contributed by atoms with E-state index in [1.54, 1.807) is 0 Å². The van der Waals surface area contributed by atoms with Gasteiger partial charge in [-0.3, -0.25) is 4.79 Å². The van der Waals surface area contributed by atoms with Crippen molar-refractivity contribution >= 4 is 5.78 Å². The van der Waals surface area contributed by atoms with Crippen LogP contribution in [0.1, 0.15) is 120 Å². The van der Waals surface area contributed by atoms with Crippen LogP contribution in [0.15, 0.2) is 11.6 Å². The summed E-state index contributed by atoms with van der Waals surface area (Å²) in [7, 11) is 0. The Labute approximate surface area is 199 Å². The number of carbonyl (C=O) groups is 1. The van der Waals surface area contributed by atoms with Crippen LogP contribution >= 0.6 is 0 Å². The molecule has 0 saturated heterocycles. The fraction of sp³-hybridized carbons (Fsp3) is 0.903. The molecule has 0 unspecified atom stereocenters. The van der Waals surface area contributed by atoms with E-state index in [9.17, 15) is 4.79 Å². The zero-order valence-corrected chi connectivity index (χ0v) is 22.6. The molecule has 0 aromatic carbocycles. The van der Waals surface area contributed by atoms with Crippen LogP contribution in [0.2, 0.25) is 0 Å². The fourth-order valence-corrected chi connectivity index (χ4v) is 9.88. The molecule has 0 N–H and O–H groups in total. The van der Waals surface area contributed by atoms with Crippen LogP contribution in [-0.4, -0.2) is 5.78 Å². The molecule has 0 spiro atoms. The standard InChI is InChI=1S/C31H52O/c1-9-22(20(2)3)11-10-21(4)24-13-14-25-23-12-15-27-29(5,6)28(32)17-19-31(27,8)26(23)16-18-30(24,25)7/h15,20-26H,9-14,16-19H2,1-8H3/t21-,22+,23+,24-,25+,26+,30+,31+/m0/s1. The van der Waals surface area contributed by atoms with Crippen molar-refractivity contribution in [3.05, 3.63) is 11.6 Å². The van der Waals surface area contributed by atoms with Crippen molar-refractivity contribution in [3.63, 3.8) is 0 Å². The van der Waals surface area contributed by atoms with Gasteiger partial charge in [0.25, 0.3) is 0 Å². The zero-order valence-electron chi connectivity index (χ0n) is 22.6. The molecule has 4 rings (SSSR count). The second-order valence-corrected chi connectivity index (χ2v) is 13.9. The summed E-state index contributed by atoms with van der Waals surface area (Å²) < 4.78 is 0. The molecule has 4 aliphatic rings. The molecule has 0 aromatic rings. The van der Waals surface area contributed by atoms with Gasteiger partial charge in [0.1, 0.15) is 5.78 Å². The van der Waals surface area contributed by atoms with E-state index in [-0.39, 0.29) is 10.8 Å². The molecule has 0 amide bonds. The summed E-state index contributed by atoms with van der Waals surface area (Å²) in [5.41, 5.74) is 2.07. The lowest BCUT2D eigenvalue weighted by Gasteiger charge is -2.60. The molecule has 8 atom stereocenters. The largest absolute Gasteiger partial charge is 0.299 e. The minimum atomic E-state index is -0.238. The Kier molecular flexibility index (Phi) is 6.57. The number of rotatable bonds is 6. The maximum absolute atomic E-state index is 12.8. The SMILES string of the molecule is CC[C@H](CC[C@H](C)[C@@H]1CC[C@@H]2[C@H]3CC=C4C(C)(C)C(=O)CC[C@]4(C)[C@@H]3CC[C@@]21C)C(C)C. The number of allylic oxidation sites excluding steroid dienone is 2. The monoisotopic (exact) mass is 440 g/mol. The average Bonchev–Trinajstić information content (AvgIpc) is 3.08. The van der Waals surface area contributed by atoms with Crippen molar-refractivity contribution in [1.29, 1.82) is 0 Å². The maximum atomic E-state index is 12.8. The Morgan fingerprint density at radius 2 is 1.69 bits per heavy atom. The van der Waals surface area contributed by atoms with E-state index in [4.69, 9.17) is 0 Å². The van der Waals surface area contributed by atoms with E-state index < -0.39 is 0 Å². The van der Waals surface area contributed by atoms with Gasteiger partial charge in [0.05, 0.1) is 0 Å². The molecule has 3 saturated carbocycles. The van der Waals surface area contributed by atoms with Gasteiger partial charge in [0.15, 0.2) is 0 Å². The Morgan fingerprint density at radius 1 is 0.969 bits per heavy atom. The summed E-state index contributed by atoms with van der Waals surface area (Å²) in [6.07, 6.45) is 15.6. The predicted molar refractivity (Wildman–Crippen MR) is 136 cm³/mol. The van der Waals surface area contributed by atoms with Gasteiger partial charge in [-0.25, -0.2) is 0 Å². The lowest BCUT2D eigenvalue weighted by molar-refractivity contribution is -0.132. The van der Waals surface area contributed by atoms with Crippen molar-refractivity contribution in [2.75, 3.05) is 0 Å². The quantitative estimate of drug-likeness (QED) is 0.377. The van der Waals surface area contributed by atoms with E-state index in [1.165, 1.54) is 56.9 Å². The van der Waals surface area contributed by atoms with Crippen LogP contribution < -0.4 is 0 Å². The summed E-state index contributed by atoms with van der Waals surface area (Å²) in [6, 6.07) is 0. The molecule has 3 fully saturated rings. The van der Waals surface area contributed by atoms with Crippen molar-refractivity contribution in [2.45, 2.75) is 120 Å². The molecular weight excluding hydrogens is 388 g/mol. The van der Waals surface area contributed by atoms with E-state index in [0.717, 1.165) is 54.3 Å². The molecule has 1 heteroatoms. The van der Waals surface area contributed by atoms with Crippen LogP contribution in [0.3, 0.4) is 0 Å². The van der Waals surface area contributed by atoms with Crippen LogP contribution in [0.4, 0.5) is 0 Å². The number of Topliss-reactive ketones (excluding diaryl/α,β-unsaturated/α-hetero) is 1. The van der Waals surface area contributed by atoms with Gasteiger partial charge in [-0.2, -0.15) is 0 Å². The molecule has 4 aliphatic carbocycles. The first-order chi connectivity index (χ1) is 15.0. The smallest absolute Gasteiger partial charge is 0.142 e. The van der Waals surface area contributed by atoms with Crippen LogP contribution in [-0.2, 0) is 4.79 Å². The highest BCUT2D eigenvalue weighted by molar-refractivity contribution is 5.89. The third-order valence-corrected chi connectivity index (χ3v) is 11.9. The van der Waals surface area contributed by atoms with E-state index in [1.807, 2.05) is 0 Å². The van der Waals surface area contributed by atoms with Crippen molar-refractivity contribution in [2.24, 2.45) is 57.7 Å². The van der Waals surface area contributed by atoms with E-state index >= 15 is 0 Å². The highest BCUT2D eigenvalue weighted by Crippen LogP contribution is 2.68. The zero-order chi connectivity index (χ0) is 23.5. The molecule has 1 nitrogen and oxygen atoms in total. The molecule has 0 radical (unpaired) electrons. The third-order valence-electron chi connectivity index (χ3n) is 11.9. The lowest BCUT2D eigenvalue weighted by Crippen LogP contribution is -2.53. The molecule has 182 valence electrons. The first kappa shape index (κ1) is 24.5. The third kappa shape index (κ3) is 3.67. The average molecular weight is 441 g/mol. The summed E-state index contributed by atoms with van der Waals surface area (Å²) in [4.78, 5) is 12.8. The summed E-state index contributed by atoms with van der Waals surface area (Å²) in [5, 5.41) is 0. The highest BCUT2D eigenvalue weighted by atomic mass is 16.1. The van der Waals surface area contributed by atoms with Crippen molar-refractivity contribution in [3.8, 4) is 0 Å². The number of hydrogen-bond acceptors (Lipinski definition) is 1. The second-order valence-electron chi connectivity index (χ2n) is 13.9. The fourth-order valence-electron chi connectivity index (χ4n) is 9.88. The lowest BCUT2D eigenvalue weighted by atomic mass is 9.44. The summed E-state index contributed by atoms with van der Waals surface area (Å²) in [5.74, 6) is 6.53. The van der Waals surface area contributed by atoms with E-state index in [0.29, 0.717) is 11.2 Å². The van der Waals surface area contributed by atoms with Gasteiger partial charge >= 0.3 is 0 Å². The highest BCUT2D eigenvalue weighted by Gasteiger charge is 2.61. The molecule has 0 heterocycles. The number of ketones is 1. The van der Waals surface area contributed by atoms with Crippen molar-refractivity contribution in [1.82, 2.24) is 0 Å². The topological polar surface area (TPSA) is 17.1 Å². The minimum absolute atomic E-state index is 0.238. The summed E-state index contributed by atoms with van der Waals surface area (Å²) in [6.45, 7) is 19.5. The van der Waals surface area contributed by atoms with E-state index in [2.05, 4.69) is 61.5 Å².